The van der Waals surface area contributed by atoms with Crippen LogP contribution in [-0.4, -0.2) is 28.7 Å². The first-order valence-corrected chi connectivity index (χ1v) is 5.62. The van der Waals surface area contributed by atoms with Crippen molar-refractivity contribution in [2.24, 2.45) is 0 Å². The number of halogens is 1. The lowest BCUT2D eigenvalue weighted by Crippen LogP contribution is -2.43. The van der Waals surface area contributed by atoms with Crippen molar-refractivity contribution in [1.82, 2.24) is 4.90 Å². The smallest absolute Gasteiger partial charge is 0.153 e. The summed E-state index contributed by atoms with van der Waals surface area (Å²) in [7, 11) is 0. The second-order valence-corrected chi connectivity index (χ2v) is 4.41. The summed E-state index contributed by atoms with van der Waals surface area (Å²) in [5, 5.41) is 18.6. The molecule has 0 radical (unpaired) electrons. The van der Waals surface area contributed by atoms with Crippen molar-refractivity contribution >= 4 is 12.4 Å². The van der Waals surface area contributed by atoms with Crippen LogP contribution in [0.3, 0.4) is 0 Å². The van der Waals surface area contributed by atoms with Gasteiger partial charge in [-0.15, -0.1) is 12.4 Å². The van der Waals surface area contributed by atoms with Crippen molar-refractivity contribution in [3.8, 4) is 6.07 Å². The van der Waals surface area contributed by atoms with Crippen LogP contribution in [0.15, 0.2) is 30.3 Å². The molecule has 0 unspecified atom stereocenters. The Morgan fingerprint density at radius 3 is 2.35 bits per heavy atom. The van der Waals surface area contributed by atoms with Gasteiger partial charge in [0.2, 0.25) is 0 Å². The van der Waals surface area contributed by atoms with Crippen LogP contribution in [0, 0.1) is 11.3 Å². The molecule has 3 nitrogen and oxygen atoms in total. The fourth-order valence-electron chi connectivity index (χ4n) is 2.03. The molecule has 0 aromatic heterocycles. The van der Waals surface area contributed by atoms with E-state index in [4.69, 9.17) is 5.26 Å². The second-order valence-electron chi connectivity index (χ2n) is 4.41. The van der Waals surface area contributed by atoms with Crippen LogP contribution in [0.4, 0.5) is 0 Å². The van der Waals surface area contributed by atoms with Crippen molar-refractivity contribution in [1.29, 1.82) is 5.26 Å². The zero-order valence-corrected chi connectivity index (χ0v) is 10.5. The van der Waals surface area contributed by atoms with Gasteiger partial charge in [-0.25, -0.2) is 0 Å². The summed E-state index contributed by atoms with van der Waals surface area (Å²) in [6, 6.07) is 12.3. The molecule has 1 aromatic carbocycles. The van der Waals surface area contributed by atoms with Crippen molar-refractivity contribution in [2.45, 2.75) is 25.0 Å². The summed E-state index contributed by atoms with van der Waals surface area (Å²) in [4.78, 5) is 2.28. The number of benzene rings is 1. The molecule has 0 spiro atoms. The topological polar surface area (TPSA) is 47.3 Å². The van der Waals surface area contributed by atoms with Gasteiger partial charge in [0, 0.05) is 32.5 Å². The van der Waals surface area contributed by atoms with Crippen LogP contribution in [0.1, 0.15) is 18.4 Å². The Morgan fingerprint density at radius 2 is 1.82 bits per heavy atom. The summed E-state index contributed by atoms with van der Waals surface area (Å²) < 4.78 is 0. The Bertz CT molecular complexity index is 380. The predicted molar refractivity (Wildman–Crippen MR) is 68.8 cm³/mol. The Hall–Kier alpha value is -1.08. The molecule has 0 aliphatic carbocycles. The molecule has 0 amide bonds. The largest absolute Gasteiger partial charge is 0.375 e. The lowest BCUT2D eigenvalue weighted by atomic mass is 9.93. The van der Waals surface area contributed by atoms with E-state index in [-0.39, 0.29) is 12.4 Å². The van der Waals surface area contributed by atoms with Crippen LogP contribution in [0.2, 0.25) is 0 Å². The number of piperidine rings is 1. The number of rotatable bonds is 2. The predicted octanol–water partition coefficient (Wildman–Crippen LogP) is 1.96. The van der Waals surface area contributed by atoms with E-state index in [1.165, 1.54) is 5.56 Å². The highest BCUT2D eigenvalue weighted by molar-refractivity contribution is 5.85. The maximum Gasteiger partial charge on any atom is 0.153 e. The fraction of sp³-hybridized carbons (Fsp3) is 0.462. The molecule has 1 N–H and O–H groups in total. The van der Waals surface area contributed by atoms with Gasteiger partial charge in [0.05, 0.1) is 6.07 Å². The summed E-state index contributed by atoms with van der Waals surface area (Å²) >= 11 is 0. The zero-order chi connectivity index (χ0) is 11.4. The number of likely N-dealkylation sites (tertiary alicyclic amines) is 1. The minimum atomic E-state index is -1.09. The molecule has 1 aliphatic heterocycles. The van der Waals surface area contributed by atoms with Gasteiger partial charge in [-0.05, 0) is 5.56 Å². The van der Waals surface area contributed by atoms with Gasteiger partial charge in [0.15, 0.2) is 5.60 Å². The molecule has 4 heteroatoms. The molecule has 1 aromatic rings. The monoisotopic (exact) mass is 252 g/mol. The third-order valence-electron chi connectivity index (χ3n) is 3.14. The molecule has 1 fully saturated rings. The number of hydrogen-bond donors (Lipinski definition) is 1. The highest BCUT2D eigenvalue weighted by Gasteiger charge is 2.31. The van der Waals surface area contributed by atoms with Crippen LogP contribution < -0.4 is 0 Å². The Kier molecular flexibility index (Phi) is 4.95. The number of nitrogens with zero attached hydrogens (tertiary/aromatic N) is 2. The van der Waals surface area contributed by atoms with Gasteiger partial charge >= 0.3 is 0 Å². The Labute approximate surface area is 108 Å². The Balaban J connectivity index is 0.00000144. The van der Waals surface area contributed by atoms with Gasteiger partial charge < -0.3 is 5.11 Å². The standard InChI is InChI=1S/C13H16N2O.ClH/c14-11-13(16)6-8-15(9-7-13)10-12-4-2-1-3-5-12;/h1-5,16H,6-10H2;1H. The van der Waals surface area contributed by atoms with E-state index in [1.54, 1.807) is 0 Å². The minimum Gasteiger partial charge on any atom is -0.375 e. The van der Waals surface area contributed by atoms with Gasteiger partial charge in [-0.1, -0.05) is 30.3 Å². The molecule has 92 valence electrons. The molecule has 2 rings (SSSR count). The summed E-state index contributed by atoms with van der Waals surface area (Å²) in [5.74, 6) is 0. The van der Waals surface area contributed by atoms with Crippen molar-refractivity contribution in [3.05, 3.63) is 35.9 Å². The molecule has 0 atom stereocenters. The summed E-state index contributed by atoms with van der Waals surface area (Å²) in [6.07, 6.45) is 1.10. The SMILES string of the molecule is Cl.N#CC1(O)CCN(Cc2ccccc2)CC1. The Morgan fingerprint density at radius 1 is 1.24 bits per heavy atom. The number of nitriles is 1. The van der Waals surface area contributed by atoms with Gasteiger partial charge in [-0.3, -0.25) is 4.90 Å². The van der Waals surface area contributed by atoms with E-state index >= 15 is 0 Å². The van der Waals surface area contributed by atoms with Crippen LogP contribution in [-0.2, 0) is 6.54 Å². The average molecular weight is 253 g/mol. The summed E-state index contributed by atoms with van der Waals surface area (Å²) in [6.45, 7) is 2.49. The van der Waals surface area contributed by atoms with Crippen LogP contribution >= 0.6 is 12.4 Å². The summed E-state index contributed by atoms with van der Waals surface area (Å²) in [5.41, 5.74) is 0.192. The maximum absolute atomic E-state index is 9.78. The van der Waals surface area contributed by atoms with E-state index in [0.29, 0.717) is 12.8 Å². The van der Waals surface area contributed by atoms with Crippen molar-refractivity contribution < 1.29 is 5.11 Å². The van der Waals surface area contributed by atoms with E-state index in [1.807, 2.05) is 24.3 Å². The highest BCUT2D eigenvalue weighted by atomic mass is 35.5. The first-order chi connectivity index (χ1) is 7.72. The minimum absolute atomic E-state index is 0. The number of hydrogen-bond acceptors (Lipinski definition) is 3. The quantitative estimate of drug-likeness (QED) is 0.819. The molecule has 0 bridgehead atoms. The van der Waals surface area contributed by atoms with E-state index < -0.39 is 5.60 Å². The van der Waals surface area contributed by atoms with Gasteiger partial charge in [-0.2, -0.15) is 5.26 Å². The first kappa shape index (κ1) is 14.0. The first-order valence-electron chi connectivity index (χ1n) is 5.62. The van der Waals surface area contributed by atoms with E-state index in [2.05, 4.69) is 17.0 Å². The van der Waals surface area contributed by atoms with Gasteiger partial charge in [0.1, 0.15) is 0 Å². The molecule has 1 heterocycles. The third-order valence-corrected chi connectivity index (χ3v) is 3.14. The second kappa shape index (κ2) is 6.02. The van der Waals surface area contributed by atoms with Crippen molar-refractivity contribution in [3.63, 3.8) is 0 Å². The highest BCUT2D eigenvalue weighted by Crippen LogP contribution is 2.22. The normalized spacial score (nSPS) is 19.1. The molecular weight excluding hydrogens is 236 g/mol. The van der Waals surface area contributed by atoms with Gasteiger partial charge in [0.25, 0.3) is 0 Å². The van der Waals surface area contributed by atoms with Crippen LogP contribution in [0.25, 0.3) is 0 Å². The third kappa shape index (κ3) is 3.71. The van der Waals surface area contributed by atoms with E-state index in [9.17, 15) is 5.11 Å². The lowest BCUT2D eigenvalue weighted by Gasteiger charge is -2.33. The molecule has 17 heavy (non-hydrogen) atoms. The number of aliphatic hydroxyl groups is 1. The molecule has 1 saturated heterocycles. The average Bonchev–Trinajstić information content (AvgIpc) is 2.34. The molecule has 1 aliphatic rings. The maximum atomic E-state index is 9.78. The lowest BCUT2D eigenvalue weighted by molar-refractivity contribution is 0.0230. The fourth-order valence-corrected chi connectivity index (χ4v) is 2.03. The van der Waals surface area contributed by atoms with E-state index in [0.717, 1.165) is 19.6 Å². The van der Waals surface area contributed by atoms with Crippen molar-refractivity contribution in [2.75, 3.05) is 13.1 Å². The molecule has 0 saturated carbocycles. The zero-order valence-electron chi connectivity index (χ0n) is 9.67. The molecular formula is C13H17ClN2O. The van der Waals surface area contributed by atoms with Crippen LogP contribution in [0.5, 0.6) is 0 Å².